The molecule has 0 aliphatic heterocycles. The van der Waals surface area contributed by atoms with E-state index in [9.17, 15) is 0 Å². The van der Waals surface area contributed by atoms with Gasteiger partial charge in [0, 0.05) is 17.0 Å². The van der Waals surface area contributed by atoms with Crippen LogP contribution in [0.2, 0.25) is 5.02 Å². The number of hydrogen-bond donors (Lipinski definition) is 2. The highest BCUT2D eigenvalue weighted by Crippen LogP contribution is 2.31. The van der Waals surface area contributed by atoms with Gasteiger partial charge in [0.05, 0.1) is 0 Å². The van der Waals surface area contributed by atoms with Gasteiger partial charge in [0.25, 0.3) is 0 Å². The number of likely N-dealkylation sites (N-methyl/N-ethyl adjacent to an activating group) is 1. The largest absolute Gasteiger partial charge is 0.330 e. The Balaban J connectivity index is 3.02. The molecule has 3 heteroatoms. The Labute approximate surface area is 103 Å². The van der Waals surface area contributed by atoms with Gasteiger partial charge in [-0.3, -0.25) is 0 Å². The highest BCUT2D eigenvalue weighted by atomic mass is 35.5. The molecule has 1 atom stereocenters. The quantitative estimate of drug-likeness (QED) is 0.802. The van der Waals surface area contributed by atoms with Crippen molar-refractivity contribution in [1.82, 2.24) is 5.32 Å². The molecule has 2 nitrogen and oxygen atoms in total. The second-order valence-corrected chi connectivity index (χ2v) is 4.65. The molecule has 0 saturated heterocycles. The minimum Gasteiger partial charge on any atom is -0.330 e. The summed E-state index contributed by atoms with van der Waals surface area (Å²) in [4.78, 5) is 0. The van der Waals surface area contributed by atoms with Crippen LogP contribution in [0.5, 0.6) is 0 Å². The lowest BCUT2D eigenvalue weighted by Gasteiger charge is -2.33. The molecular weight excluding hydrogens is 220 g/mol. The van der Waals surface area contributed by atoms with Gasteiger partial charge >= 0.3 is 0 Å². The van der Waals surface area contributed by atoms with E-state index in [0.717, 1.165) is 24.4 Å². The molecule has 1 unspecified atom stereocenters. The summed E-state index contributed by atoms with van der Waals surface area (Å²) in [6.07, 6.45) is 2.07. The minimum atomic E-state index is 0.133. The third-order valence-corrected chi connectivity index (χ3v) is 3.52. The molecule has 1 rings (SSSR count). The molecule has 3 N–H and O–H groups in total. The molecule has 0 heterocycles. The maximum absolute atomic E-state index is 5.92. The van der Waals surface area contributed by atoms with Gasteiger partial charge in [0.15, 0.2) is 0 Å². The number of nitrogens with two attached hydrogens (primary N) is 1. The summed E-state index contributed by atoms with van der Waals surface area (Å²) in [6, 6.07) is 8.12. The van der Waals surface area contributed by atoms with Gasteiger partial charge in [-0.1, -0.05) is 30.7 Å². The van der Waals surface area contributed by atoms with Crippen molar-refractivity contribution >= 4 is 11.6 Å². The summed E-state index contributed by atoms with van der Waals surface area (Å²) in [6.45, 7) is 3.86. The van der Waals surface area contributed by atoms with E-state index < -0.39 is 0 Å². The van der Waals surface area contributed by atoms with E-state index >= 15 is 0 Å². The molecule has 16 heavy (non-hydrogen) atoms. The SMILES string of the molecule is CCC(CCN)(CNC)c1ccc(Cl)cc1. The van der Waals surface area contributed by atoms with Gasteiger partial charge in [-0.05, 0) is 44.1 Å². The molecular formula is C13H21ClN2. The Morgan fingerprint density at radius 2 is 1.94 bits per heavy atom. The Bertz CT molecular complexity index is 302. The molecule has 1 aromatic carbocycles. The maximum atomic E-state index is 5.92. The molecule has 1 aromatic rings. The molecule has 90 valence electrons. The van der Waals surface area contributed by atoms with E-state index in [2.05, 4.69) is 24.4 Å². The monoisotopic (exact) mass is 240 g/mol. The summed E-state index contributed by atoms with van der Waals surface area (Å²) in [5.41, 5.74) is 7.19. The third kappa shape index (κ3) is 2.97. The molecule has 0 aliphatic carbocycles. The van der Waals surface area contributed by atoms with Crippen LogP contribution >= 0.6 is 11.6 Å². The Kier molecular flexibility index (Phi) is 5.26. The van der Waals surface area contributed by atoms with Crippen LogP contribution in [0, 0.1) is 0 Å². The molecule has 0 aromatic heterocycles. The zero-order valence-electron chi connectivity index (χ0n) is 10.1. The molecule has 0 spiro atoms. The van der Waals surface area contributed by atoms with Crippen molar-refractivity contribution in [3.63, 3.8) is 0 Å². The Morgan fingerprint density at radius 3 is 2.38 bits per heavy atom. The molecule has 0 bridgehead atoms. The molecule has 0 radical (unpaired) electrons. The van der Waals surface area contributed by atoms with Crippen LogP contribution in [-0.2, 0) is 5.41 Å². The minimum absolute atomic E-state index is 0.133. The Morgan fingerprint density at radius 1 is 1.31 bits per heavy atom. The predicted octanol–water partition coefficient (Wildman–Crippen LogP) is 2.56. The van der Waals surface area contributed by atoms with Crippen molar-refractivity contribution in [1.29, 1.82) is 0 Å². The van der Waals surface area contributed by atoms with Crippen molar-refractivity contribution < 1.29 is 0 Å². The first-order valence-corrected chi connectivity index (χ1v) is 6.17. The molecule has 0 aliphatic rings. The van der Waals surface area contributed by atoms with Crippen molar-refractivity contribution in [2.75, 3.05) is 20.1 Å². The second kappa shape index (κ2) is 6.24. The summed E-state index contributed by atoms with van der Waals surface area (Å²) >= 11 is 5.92. The Hall–Kier alpha value is -0.570. The van der Waals surface area contributed by atoms with E-state index in [1.807, 2.05) is 19.2 Å². The lowest BCUT2D eigenvalue weighted by molar-refractivity contribution is 0.370. The highest BCUT2D eigenvalue weighted by Gasteiger charge is 2.28. The van der Waals surface area contributed by atoms with Crippen LogP contribution < -0.4 is 11.1 Å². The smallest absolute Gasteiger partial charge is 0.0406 e. The summed E-state index contributed by atoms with van der Waals surface area (Å²) in [5, 5.41) is 4.05. The van der Waals surface area contributed by atoms with E-state index in [1.54, 1.807) is 0 Å². The van der Waals surface area contributed by atoms with Crippen LogP contribution in [0.15, 0.2) is 24.3 Å². The van der Waals surface area contributed by atoms with Crippen molar-refractivity contribution in [3.05, 3.63) is 34.9 Å². The number of rotatable bonds is 6. The molecule has 0 amide bonds. The lowest BCUT2D eigenvalue weighted by Crippen LogP contribution is -2.38. The van der Waals surface area contributed by atoms with Gasteiger partial charge in [-0.15, -0.1) is 0 Å². The normalized spacial score (nSPS) is 14.8. The third-order valence-electron chi connectivity index (χ3n) is 3.27. The molecule has 0 saturated carbocycles. The first-order chi connectivity index (χ1) is 7.68. The van der Waals surface area contributed by atoms with Crippen molar-refractivity contribution in [2.45, 2.75) is 25.2 Å². The standard InChI is InChI=1S/C13H21ClN2/c1-3-13(8-9-15,10-16-2)11-4-6-12(14)7-5-11/h4-7,16H,3,8-10,15H2,1-2H3. The predicted molar refractivity (Wildman–Crippen MR) is 71.0 cm³/mol. The summed E-state index contributed by atoms with van der Waals surface area (Å²) < 4.78 is 0. The van der Waals surface area contributed by atoms with Crippen LogP contribution in [0.4, 0.5) is 0 Å². The summed E-state index contributed by atoms with van der Waals surface area (Å²) in [7, 11) is 1.98. The fourth-order valence-corrected chi connectivity index (χ4v) is 2.38. The average Bonchev–Trinajstić information content (AvgIpc) is 2.29. The van der Waals surface area contributed by atoms with E-state index in [-0.39, 0.29) is 5.41 Å². The fraction of sp³-hybridized carbons (Fsp3) is 0.538. The first-order valence-electron chi connectivity index (χ1n) is 5.79. The number of halogens is 1. The van der Waals surface area contributed by atoms with Gasteiger partial charge < -0.3 is 11.1 Å². The zero-order chi connectivity index (χ0) is 12.0. The summed E-state index contributed by atoms with van der Waals surface area (Å²) in [5.74, 6) is 0. The number of hydrogen-bond acceptors (Lipinski definition) is 2. The fourth-order valence-electron chi connectivity index (χ4n) is 2.26. The van der Waals surface area contributed by atoms with Gasteiger partial charge in [-0.25, -0.2) is 0 Å². The highest BCUT2D eigenvalue weighted by molar-refractivity contribution is 6.30. The van der Waals surface area contributed by atoms with Crippen LogP contribution in [-0.4, -0.2) is 20.1 Å². The lowest BCUT2D eigenvalue weighted by atomic mass is 9.75. The van der Waals surface area contributed by atoms with Crippen LogP contribution in [0.25, 0.3) is 0 Å². The van der Waals surface area contributed by atoms with E-state index in [0.29, 0.717) is 6.54 Å². The number of benzene rings is 1. The van der Waals surface area contributed by atoms with Crippen molar-refractivity contribution in [2.24, 2.45) is 5.73 Å². The molecule has 0 fully saturated rings. The maximum Gasteiger partial charge on any atom is 0.0406 e. The van der Waals surface area contributed by atoms with E-state index in [4.69, 9.17) is 17.3 Å². The van der Waals surface area contributed by atoms with Gasteiger partial charge in [0.2, 0.25) is 0 Å². The average molecular weight is 241 g/mol. The van der Waals surface area contributed by atoms with Gasteiger partial charge in [0.1, 0.15) is 0 Å². The van der Waals surface area contributed by atoms with Crippen LogP contribution in [0.1, 0.15) is 25.3 Å². The van der Waals surface area contributed by atoms with Crippen LogP contribution in [0.3, 0.4) is 0 Å². The topological polar surface area (TPSA) is 38.0 Å². The van der Waals surface area contributed by atoms with E-state index in [1.165, 1.54) is 5.56 Å². The number of nitrogens with one attached hydrogen (secondary N) is 1. The van der Waals surface area contributed by atoms with Gasteiger partial charge in [-0.2, -0.15) is 0 Å². The zero-order valence-corrected chi connectivity index (χ0v) is 10.8. The first kappa shape index (κ1) is 13.5. The van der Waals surface area contributed by atoms with Crippen molar-refractivity contribution in [3.8, 4) is 0 Å². The second-order valence-electron chi connectivity index (χ2n) is 4.21.